The molecule has 0 aliphatic heterocycles. The Kier molecular flexibility index (Phi) is 8.79. The third kappa shape index (κ3) is 16.5. The average molecular weight is 403 g/mol. The van der Waals surface area contributed by atoms with E-state index in [9.17, 15) is 16.8 Å². The van der Waals surface area contributed by atoms with Gasteiger partial charge in [-0.25, -0.2) is 0 Å². The van der Waals surface area contributed by atoms with E-state index in [1.165, 1.54) is 0 Å². The SMILES string of the molecule is O=S(=O)(O)CCCN[I-]NCCCS(=O)(=O)O. The summed E-state index contributed by atoms with van der Waals surface area (Å²) in [6, 6.07) is 0. The number of rotatable bonds is 10. The summed E-state index contributed by atoms with van der Waals surface area (Å²) in [6.45, 7) is 0.941. The summed E-state index contributed by atoms with van der Waals surface area (Å²) >= 11 is -0.527. The summed E-state index contributed by atoms with van der Waals surface area (Å²) in [4.78, 5) is 0. The fourth-order valence-corrected chi connectivity index (χ4v) is 3.37. The van der Waals surface area contributed by atoms with Gasteiger partial charge in [0.1, 0.15) is 0 Å². The Morgan fingerprint density at radius 3 is 1.47 bits per heavy atom. The van der Waals surface area contributed by atoms with Gasteiger partial charge in [-0.3, -0.25) is 0 Å². The van der Waals surface area contributed by atoms with E-state index in [1.54, 1.807) is 0 Å². The molecule has 0 aliphatic carbocycles. The molecule has 11 heteroatoms. The van der Waals surface area contributed by atoms with E-state index in [-0.39, 0.29) is 11.5 Å². The molecule has 0 rings (SSSR count). The van der Waals surface area contributed by atoms with E-state index < -0.39 is 42.0 Å². The molecule has 0 saturated carbocycles. The molecule has 0 saturated heterocycles. The molecule has 0 amide bonds. The van der Waals surface area contributed by atoms with Gasteiger partial charge in [0.25, 0.3) is 0 Å². The molecule has 0 aliphatic rings. The Hall–Kier alpha value is 0.470. The Morgan fingerprint density at radius 2 is 1.18 bits per heavy atom. The van der Waals surface area contributed by atoms with Crippen LogP contribution in [0.15, 0.2) is 0 Å². The fraction of sp³-hybridized carbons (Fsp3) is 1.00. The van der Waals surface area contributed by atoms with Gasteiger partial charge in [-0.2, -0.15) is 0 Å². The van der Waals surface area contributed by atoms with Gasteiger partial charge >= 0.3 is 112 Å². The van der Waals surface area contributed by atoms with Crippen molar-refractivity contribution in [3.8, 4) is 0 Å². The Morgan fingerprint density at radius 1 is 0.824 bits per heavy atom. The molecule has 0 aromatic heterocycles. The molecule has 0 bridgehead atoms. The normalized spacial score (nSPS) is 13.1. The van der Waals surface area contributed by atoms with Crippen molar-refractivity contribution in [2.24, 2.45) is 0 Å². The standard InChI is InChI=1S/C6H16IN2O6S2/c10-16(11,12)5-1-3-8-7-9-4-2-6-17(13,14)15/h8-9H,1-6H2,(H,10,11,12)(H,13,14,15)/q-1. The van der Waals surface area contributed by atoms with E-state index in [0.717, 1.165) is 0 Å². The quantitative estimate of drug-likeness (QED) is 0.125. The van der Waals surface area contributed by atoms with Crippen molar-refractivity contribution in [1.29, 1.82) is 0 Å². The van der Waals surface area contributed by atoms with Gasteiger partial charge in [0.05, 0.1) is 0 Å². The second-order valence-corrected chi connectivity index (χ2v) is 8.35. The molecule has 0 heterocycles. The molecule has 17 heavy (non-hydrogen) atoms. The summed E-state index contributed by atoms with van der Waals surface area (Å²) in [7, 11) is -7.77. The van der Waals surface area contributed by atoms with Crippen LogP contribution in [0.25, 0.3) is 0 Å². The van der Waals surface area contributed by atoms with Gasteiger partial charge < -0.3 is 0 Å². The molecule has 8 nitrogen and oxygen atoms in total. The van der Waals surface area contributed by atoms with Crippen LogP contribution in [-0.4, -0.2) is 50.5 Å². The first-order valence-corrected chi connectivity index (χ1v) is 10.1. The van der Waals surface area contributed by atoms with Crippen molar-refractivity contribution >= 4 is 20.2 Å². The molecular weight excluding hydrogens is 387 g/mol. The van der Waals surface area contributed by atoms with Crippen molar-refractivity contribution in [2.45, 2.75) is 12.8 Å². The summed E-state index contributed by atoms with van der Waals surface area (Å²) < 4.78 is 64.1. The molecule has 0 aromatic carbocycles. The summed E-state index contributed by atoms with van der Waals surface area (Å²) in [5.74, 6) is -0.543. The first kappa shape index (κ1) is 17.5. The van der Waals surface area contributed by atoms with Crippen molar-refractivity contribution in [3.63, 3.8) is 0 Å². The van der Waals surface area contributed by atoms with E-state index in [1.807, 2.05) is 0 Å². The van der Waals surface area contributed by atoms with Gasteiger partial charge in [-0.1, -0.05) is 0 Å². The van der Waals surface area contributed by atoms with Gasteiger partial charge in [0, 0.05) is 0 Å². The first-order valence-electron chi connectivity index (χ1n) is 4.69. The molecular formula is C6H16IN2O6S2-. The van der Waals surface area contributed by atoms with Crippen LogP contribution in [0.5, 0.6) is 0 Å². The van der Waals surface area contributed by atoms with Crippen molar-refractivity contribution in [3.05, 3.63) is 0 Å². The molecule has 4 N–H and O–H groups in total. The van der Waals surface area contributed by atoms with E-state index in [0.29, 0.717) is 25.9 Å². The maximum atomic E-state index is 10.3. The monoisotopic (exact) mass is 403 g/mol. The van der Waals surface area contributed by atoms with Crippen molar-refractivity contribution in [2.75, 3.05) is 24.6 Å². The van der Waals surface area contributed by atoms with Crippen LogP contribution in [0.1, 0.15) is 12.8 Å². The van der Waals surface area contributed by atoms with Crippen LogP contribution in [0.3, 0.4) is 0 Å². The predicted octanol–water partition coefficient (Wildman–Crippen LogP) is -4.36. The van der Waals surface area contributed by atoms with Crippen LogP contribution in [0, 0.1) is 0 Å². The molecule has 0 aromatic rings. The van der Waals surface area contributed by atoms with Crippen LogP contribution >= 0.6 is 0 Å². The predicted molar refractivity (Wildman–Crippen MR) is 58.1 cm³/mol. The molecule has 0 fully saturated rings. The van der Waals surface area contributed by atoms with Crippen LogP contribution in [0.2, 0.25) is 0 Å². The Bertz CT molecular complexity index is 357. The molecule has 0 unspecified atom stereocenters. The van der Waals surface area contributed by atoms with Gasteiger partial charge in [0.2, 0.25) is 0 Å². The number of hydrogen-bond acceptors (Lipinski definition) is 6. The molecule has 0 radical (unpaired) electrons. The maximum absolute atomic E-state index is 10.3. The zero-order chi connectivity index (χ0) is 13.4. The zero-order valence-corrected chi connectivity index (χ0v) is 12.8. The molecule has 106 valence electrons. The Labute approximate surface area is 112 Å². The van der Waals surface area contributed by atoms with Crippen LogP contribution < -0.4 is 28.8 Å². The molecule has 0 atom stereocenters. The van der Waals surface area contributed by atoms with E-state index >= 15 is 0 Å². The van der Waals surface area contributed by atoms with E-state index in [2.05, 4.69) is 7.06 Å². The topological polar surface area (TPSA) is 133 Å². The van der Waals surface area contributed by atoms with Crippen LogP contribution in [-0.2, 0) is 20.2 Å². The summed E-state index contributed by atoms with van der Waals surface area (Å²) in [5.41, 5.74) is 0. The third-order valence-corrected chi connectivity index (χ3v) is 4.93. The Balaban J connectivity index is 3.25. The molecule has 0 spiro atoms. The van der Waals surface area contributed by atoms with Gasteiger partial charge in [-0.15, -0.1) is 0 Å². The fourth-order valence-electron chi connectivity index (χ4n) is 0.785. The van der Waals surface area contributed by atoms with Crippen molar-refractivity contribution < 1.29 is 47.7 Å². The first-order chi connectivity index (χ1) is 7.71. The number of nitrogens with one attached hydrogen (secondary N) is 2. The number of halogens is 1. The second kappa shape index (κ2) is 8.55. The average Bonchev–Trinajstić information content (AvgIpc) is 2.11. The summed E-state index contributed by atoms with van der Waals surface area (Å²) in [6.07, 6.45) is 0.649. The number of hydrogen-bond donors (Lipinski definition) is 4. The second-order valence-electron chi connectivity index (χ2n) is 3.14. The van der Waals surface area contributed by atoms with Crippen LogP contribution in [0.4, 0.5) is 0 Å². The zero-order valence-electron chi connectivity index (χ0n) is 8.96. The third-order valence-electron chi connectivity index (χ3n) is 1.48. The minimum absolute atomic E-state index is 0.271. The summed E-state index contributed by atoms with van der Waals surface area (Å²) in [5, 5.41) is 0. The van der Waals surface area contributed by atoms with Gasteiger partial charge in [0.15, 0.2) is 0 Å². The van der Waals surface area contributed by atoms with Gasteiger partial charge in [-0.05, 0) is 0 Å². The van der Waals surface area contributed by atoms with Crippen molar-refractivity contribution in [1.82, 2.24) is 7.06 Å². The minimum atomic E-state index is -3.88. The van der Waals surface area contributed by atoms with E-state index in [4.69, 9.17) is 9.11 Å².